The minimum absolute atomic E-state index is 0.211. The molecule has 0 radical (unpaired) electrons. The molecule has 0 aliphatic heterocycles. The van der Waals surface area contributed by atoms with Crippen LogP contribution in [0.15, 0.2) is 27.6 Å². The maximum absolute atomic E-state index is 11.6. The van der Waals surface area contributed by atoms with Crippen molar-refractivity contribution in [3.8, 4) is 0 Å². The van der Waals surface area contributed by atoms with Crippen molar-refractivity contribution < 1.29 is 8.42 Å². The van der Waals surface area contributed by atoms with Gasteiger partial charge < -0.3 is 4.85 Å². The van der Waals surface area contributed by atoms with E-state index in [0.717, 1.165) is 6.26 Å². The Balaban J connectivity index is 3.61. The highest BCUT2D eigenvalue weighted by molar-refractivity contribution is 9.10. The van der Waals surface area contributed by atoms with Crippen LogP contribution in [0.3, 0.4) is 0 Å². The Bertz CT molecular complexity index is 556. The van der Waals surface area contributed by atoms with Crippen molar-refractivity contribution in [2.24, 2.45) is 0 Å². The van der Waals surface area contributed by atoms with Gasteiger partial charge in [0.1, 0.15) is 0 Å². The number of nitrogens with zero attached hydrogens (tertiary/aromatic N) is 1. The Kier molecular flexibility index (Phi) is 3.46. The molecule has 0 bridgehead atoms. The first-order valence-electron chi connectivity index (χ1n) is 4.57. The second-order valence-corrected chi connectivity index (χ2v) is 6.98. The van der Waals surface area contributed by atoms with Gasteiger partial charge in [0.15, 0.2) is 9.84 Å². The predicted molar refractivity (Wildman–Crippen MR) is 66.9 cm³/mol. The van der Waals surface area contributed by atoms with Crippen LogP contribution < -0.4 is 0 Å². The molecule has 1 rings (SSSR count). The Labute approximate surface area is 104 Å². The molecule has 5 heteroatoms. The van der Waals surface area contributed by atoms with Gasteiger partial charge in [-0.1, -0.05) is 15.9 Å². The largest absolute Gasteiger partial charge is 0.306 e. The van der Waals surface area contributed by atoms with Gasteiger partial charge in [-0.2, -0.15) is 0 Å². The van der Waals surface area contributed by atoms with E-state index >= 15 is 0 Å². The fourth-order valence-electron chi connectivity index (χ4n) is 1.37. The van der Waals surface area contributed by atoms with E-state index in [1.807, 2.05) is 0 Å². The molecule has 3 nitrogen and oxygen atoms in total. The van der Waals surface area contributed by atoms with Crippen LogP contribution in [-0.4, -0.2) is 14.7 Å². The molecule has 0 unspecified atom stereocenters. The van der Waals surface area contributed by atoms with Crippen molar-refractivity contribution in [1.82, 2.24) is 0 Å². The van der Waals surface area contributed by atoms with Crippen LogP contribution in [0.4, 0.5) is 0 Å². The smallest absolute Gasteiger partial charge is 0.253 e. The average Bonchev–Trinajstić information content (AvgIpc) is 2.16. The Morgan fingerprint density at radius 1 is 1.38 bits per heavy atom. The molecule has 0 saturated heterocycles. The molecule has 0 aliphatic carbocycles. The number of sulfone groups is 1. The van der Waals surface area contributed by atoms with Crippen LogP contribution >= 0.6 is 15.9 Å². The lowest BCUT2D eigenvalue weighted by Crippen LogP contribution is -2.16. The van der Waals surface area contributed by atoms with Gasteiger partial charge >= 0.3 is 0 Å². The molecule has 0 spiro atoms. The molecule has 1 aromatic carbocycles. The van der Waals surface area contributed by atoms with Gasteiger partial charge in [0.05, 0.1) is 10.5 Å². The molecular formula is C11H12BrNO2S. The molecule has 0 atom stereocenters. The van der Waals surface area contributed by atoms with E-state index in [9.17, 15) is 8.42 Å². The average molecular weight is 302 g/mol. The van der Waals surface area contributed by atoms with Crippen molar-refractivity contribution in [3.05, 3.63) is 39.7 Å². The van der Waals surface area contributed by atoms with E-state index in [4.69, 9.17) is 6.57 Å². The van der Waals surface area contributed by atoms with Crippen LogP contribution in [0.2, 0.25) is 0 Å². The first-order chi connectivity index (χ1) is 7.18. The van der Waals surface area contributed by atoms with Crippen LogP contribution in [0.1, 0.15) is 19.4 Å². The fraction of sp³-hybridized carbons (Fsp3) is 0.364. The zero-order valence-corrected chi connectivity index (χ0v) is 11.7. The van der Waals surface area contributed by atoms with Crippen LogP contribution in [-0.2, 0) is 15.4 Å². The van der Waals surface area contributed by atoms with E-state index in [2.05, 4.69) is 20.8 Å². The Morgan fingerprint density at radius 2 is 1.94 bits per heavy atom. The first-order valence-corrected chi connectivity index (χ1v) is 7.25. The fourth-order valence-corrected chi connectivity index (χ4v) is 2.94. The first kappa shape index (κ1) is 13.2. The predicted octanol–water partition coefficient (Wildman–Crippen LogP) is 3.01. The standard InChI is InChI=1S/C11H12BrNO2S/c1-11(2,13-3)9-6-5-8(12)7-10(9)16(4,14)15/h5-7H,1-2,4H3. The lowest BCUT2D eigenvalue weighted by molar-refractivity contribution is 0.591. The Morgan fingerprint density at radius 3 is 2.38 bits per heavy atom. The lowest BCUT2D eigenvalue weighted by Gasteiger charge is -2.15. The summed E-state index contributed by atoms with van der Waals surface area (Å²) in [6, 6.07) is 4.97. The normalized spacial score (nSPS) is 12.2. The van der Waals surface area contributed by atoms with Crippen molar-refractivity contribution in [3.63, 3.8) is 0 Å². The van der Waals surface area contributed by atoms with Crippen molar-refractivity contribution >= 4 is 25.8 Å². The molecule has 86 valence electrons. The maximum Gasteiger partial charge on any atom is 0.253 e. The van der Waals surface area contributed by atoms with Gasteiger partial charge in [0.2, 0.25) is 0 Å². The summed E-state index contributed by atoms with van der Waals surface area (Å²) in [5.41, 5.74) is -0.299. The number of hydrogen-bond donors (Lipinski definition) is 0. The zero-order valence-electron chi connectivity index (χ0n) is 9.28. The minimum atomic E-state index is -3.32. The minimum Gasteiger partial charge on any atom is -0.306 e. The molecule has 0 amide bonds. The summed E-state index contributed by atoms with van der Waals surface area (Å²) in [4.78, 5) is 3.68. The highest BCUT2D eigenvalue weighted by atomic mass is 79.9. The highest BCUT2D eigenvalue weighted by Crippen LogP contribution is 2.32. The molecule has 16 heavy (non-hydrogen) atoms. The third kappa shape index (κ3) is 2.63. The molecule has 0 N–H and O–H groups in total. The second kappa shape index (κ2) is 4.19. The quantitative estimate of drug-likeness (QED) is 0.788. The number of rotatable bonds is 2. The van der Waals surface area contributed by atoms with Gasteiger partial charge in [0.25, 0.3) is 5.54 Å². The number of hydrogen-bond acceptors (Lipinski definition) is 2. The van der Waals surface area contributed by atoms with Gasteiger partial charge in [-0.05, 0) is 18.2 Å². The lowest BCUT2D eigenvalue weighted by atomic mass is 9.95. The van der Waals surface area contributed by atoms with E-state index in [-0.39, 0.29) is 4.90 Å². The molecule has 0 heterocycles. The highest BCUT2D eigenvalue weighted by Gasteiger charge is 2.32. The van der Waals surface area contributed by atoms with Gasteiger partial charge in [0, 0.05) is 24.6 Å². The van der Waals surface area contributed by atoms with Crippen molar-refractivity contribution in [1.29, 1.82) is 0 Å². The van der Waals surface area contributed by atoms with Gasteiger partial charge in [-0.3, -0.25) is 0 Å². The molecule has 1 aromatic rings. The topological polar surface area (TPSA) is 38.5 Å². The summed E-state index contributed by atoms with van der Waals surface area (Å²) < 4.78 is 24.0. The third-order valence-electron chi connectivity index (χ3n) is 2.28. The van der Waals surface area contributed by atoms with E-state index in [1.54, 1.807) is 26.0 Å². The molecular weight excluding hydrogens is 290 g/mol. The van der Waals surface area contributed by atoms with Crippen molar-refractivity contribution in [2.75, 3.05) is 6.26 Å². The molecule has 0 aliphatic rings. The van der Waals surface area contributed by atoms with Crippen LogP contribution in [0, 0.1) is 6.57 Å². The summed E-state index contributed by atoms with van der Waals surface area (Å²) in [6.45, 7) is 10.5. The number of benzene rings is 1. The number of halogens is 1. The van der Waals surface area contributed by atoms with Gasteiger partial charge in [-0.15, -0.1) is 0 Å². The molecule has 0 saturated carbocycles. The van der Waals surface area contributed by atoms with Crippen LogP contribution in [0.5, 0.6) is 0 Å². The SMILES string of the molecule is [C-]#[N+]C(C)(C)c1ccc(Br)cc1S(C)(=O)=O. The molecule has 0 aromatic heterocycles. The third-order valence-corrected chi connectivity index (χ3v) is 3.91. The zero-order chi connectivity index (χ0) is 12.6. The Hall–Kier alpha value is -0.860. The van der Waals surface area contributed by atoms with E-state index in [1.165, 1.54) is 6.07 Å². The van der Waals surface area contributed by atoms with Crippen molar-refractivity contribution in [2.45, 2.75) is 24.3 Å². The van der Waals surface area contributed by atoms with E-state index < -0.39 is 15.4 Å². The maximum atomic E-state index is 11.6. The van der Waals surface area contributed by atoms with Gasteiger partial charge in [-0.25, -0.2) is 15.0 Å². The van der Waals surface area contributed by atoms with Crippen LogP contribution in [0.25, 0.3) is 4.85 Å². The monoisotopic (exact) mass is 301 g/mol. The summed E-state index contributed by atoms with van der Waals surface area (Å²) in [6.07, 6.45) is 1.15. The molecule has 0 fully saturated rings. The summed E-state index contributed by atoms with van der Waals surface area (Å²) >= 11 is 3.24. The summed E-state index contributed by atoms with van der Waals surface area (Å²) in [5.74, 6) is 0. The van der Waals surface area contributed by atoms with E-state index in [0.29, 0.717) is 10.0 Å². The summed E-state index contributed by atoms with van der Waals surface area (Å²) in [7, 11) is -3.32. The second-order valence-electron chi connectivity index (χ2n) is 4.08. The summed E-state index contributed by atoms with van der Waals surface area (Å²) in [5, 5.41) is 0.